The van der Waals surface area contributed by atoms with E-state index >= 15 is 0 Å². The Morgan fingerprint density at radius 1 is 0.382 bits per heavy atom. The summed E-state index contributed by atoms with van der Waals surface area (Å²) in [7, 11) is -24.9. The molecule has 60 heteroatoms. The van der Waals surface area contributed by atoms with E-state index in [1.807, 2.05) is 0 Å². The number of nitrogens with zero attached hydrogens (tertiary/aromatic N) is 7. The maximum atomic E-state index is 13.2. The number of carbonyl (C=O) groups is 5. The van der Waals surface area contributed by atoms with Gasteiger partial charge in [0.2, 0.25) is 0 Å². The lowest BCUT2D eigenvalue weighted by molar-refractivity contribution is -0.145. The van der Waals surface area contributed by atoms with E-state index in [1.165, 1.54) is 22.7 Å². The van der Waals surface area contributed by atoms with Crippen molar-refractivity contribution in [3.63, 3.8) is 0 Å². The maximum Gasteiger partial charge on any atom is 0.451 e. The number of carboxylic acids is 5. The Morgan fingerprint density at radius 2 is 0.656 bits per heavy atom. The van der Waals surface area contributed by atoms with Crippen LogP contribution in [-0.2, 0) is 87.9 Å². The van der Waals surface area contributed by atoms with Crippen molar-refractivity contribution in [1.82, 2.24) is 30.1 Å². The van der Waals surface area contributed by atoms with Gasteiger partial charge in [-0.2, -0.15) is 72.2 Å². The first-order valence-corrected chi connectivity index (χ1v) is 51.0. The van der Waals surface area contributed by atoms with E-state index < -0.39 is 243 Å². The number of rotatable bonds is 45. The number of carboxylic acid groups (broad SMARTS) is 5. The van der Waals surface area contributed by atoms with Crippen LogP contribution in [0.4, 0.5) is 0 Å². The fourth-order valence-corrected chi connectivity index (χ4v) is 26.7. The zero-order valence-electron chi connectivity index (χ0n) is 75.4. The Labute approximate surface area is 767 Å². The van der Waals surface area contributed by atoms with Crippen LogP contribution in [0, 0.1) is 29.6 Å². The van der Waals surface area contributed by atoms with E-state index in [0.717, 1.165) is 47.2 Å². The van der Waals surface area contributed by atoms with Crippen molar-refractivity contribution in [2.45, 2.75) is 304 Å². The number of likely N-dealkylation sites (N-methyl/N-ethyl adjacent to an activating group) is 2. The minimum atomic E-state index is -4.23. The zero-order valence-corrected chi connectivity index (χ0v) is 79.5. The molecule has 5 saturated heterocycles. The number of nitrogens with two attached hydrogens (primary N) is 10. The molecule has 5 heterocycles. The summed E-state index contributed by atoms with van der Waals surface area (Å²) in [5.74, 6) is -9.65. The molecule has 0 aromatic carbocycles. The maximum absolute atomic E-state index is 13.2. The molecule has 5 aliphatic heterocycles. The van der Waals surface area contributed by atoms with Crippen LogP contribution in [0.3, 0.4) is 0 Å². The smallest absolute Gasteiger partial charge is 0.451 e. The molecule has 11 atom stereocenters. The summed E-state index contributed by atoms with van der Waals surface area (Å²) in [6.45, 7) is 6.11. The van der Waals surface area contributed by atoms with E-state index in [9.17, 15) is 91.6 Å². The van der Waals surface area contributed by atoms with Crippen LogP contribution in [0.2, 0.25) is 31.6 Å². The Hall–Kier alpha value is -3.78. The summed E-state index contributed by atoms with van der Waals surface area (Å²) in [6.07, 6.45) is 12.2. The first-order chi connectivity index (χ1) is 59.7. The average Bonchev–Trinajstić information content (AvgIpc) is 1.52. The van der Waals surface area contributed by atoms with Crippen LogP contribution in [0.1, 0.15) is 189 Å². The molecule has 0 aromatic rings. The quantitative estimate of drug-likeness (QED) is 0.0252. The predicted octanol–water partition coefficient (Wildman–Crippen LogP) is -8.63. The van der Waals surface area contributed by atoms with Crippen molar-refractivity contribution < 1.29 is 154 Å². The Balaban J connectivity index is 0.000000202. The van der Waals surface area contributed by atoms with Crippen molar-refractivity contribution in [2.75, 3.05) is 79.5 Å². The predicted molar refractivity (Wildman–Crippen MR) is 475 cm³/mol. The topological polar surface area (TPSA) is 870 Å². The lowest BCUT2D eigenvalue weighted by atomic mass is 9.78. The molecule has 0 amide bonds. The van der Waals surface area contributed by atoms with Gasteiger partial charge >= 0.3 is 96.4 Å². The van der Waals surface area contributed by atoms with Crippen LogP contribution in [0.15, 0.2) is 0 Å². The average molecular weight is 1970 g/mol. The van der Waals surface area contributed by atoms with Crippen molar-refractivity contribution in [3.05, 3.63) is 0 Å². The fourth-order valence-electron chi connectivity index (χ4n) is 18.4. The highest BCUT2D eigenvalue weighted by atomic mass is 32.2. The molecular formula is C71H140B5N17O33S5. The molecule has 12 fully saturated rings. The van der Waals surface area contributed by atoms with E-state index in [4.69, 9.17) is 120 Å². The first kappa shape index (κ1) is 113. The second-order valence-corrected chi connectivity index (χ2v) is 48.5. The van der Waals surface area contributed by atoms with Crippen LogP contribution in [-0.4, -0.2) is 377 Å². The lowest BCUT2D eigenvalue weighted by Gasteiger charge is -2.41. The third kappa shape index (κ3) is 25.0. The highest BCUT2D eigenvalue weighted by molar-refractivity contribution is 7.87. The van der Waals surface area contributed by atoms with Crippen molar-refractivity contribution in [2.24, 2.45) is 86.9 Å². The van der Waals surface area contributed by atoms with Crippen molar-refractivity contribution >= 4 is 117 Å². The molecule has 12 rings (SSSR count). The third-order valence-corrected chi connectivity index (χ3v) is 38.5. The SMILES string of the molecule is CC(C)(OS(=O)(=O)N1C[C@H](CCCB(O)O)[C@](N)(C(=O)O)C1)C1(N)CC1.CC(OS(=O)(=O)N1C[C@H](CCCB(O)O)[C@](N)(C(=O)O)C1)C1(N)CC1.CN(C(C)(C)C1(N)CC1)S(=O)(=O)N1C[C@H](CCCB(O)O)[C@](N)(C(=O)O)C1.CN(C1(C2(N)CC2)CC1)S(=O)(=O)N1C[C@H](CCCB(O)O)[C@](N)(C(=O)O)C1.NC1(C2(OS(=O)(=O)N3C[C@H](CCCB(O)O)[C@](N)(C(=O)O)C3)CC2)CC1. The van der Waals surface area contributed by atoms with Gasteiger partial charge in [0.05, 0.1) is 11.6 Å². The van der Waals surface area contributed by atoms with Gasteiger partial charge in [0.1, 0.15) is 38.9 Å². The molecule has 7 saturated carbocycles. The van der Waals surface area contributed by atoms with Gasteiger partial charge < -0.3 is 133 Å². The number of hydrogen-bond acceptors (Lipinski definition) is 38. The van der Waals surface area contributed by atoms with E-state index in [2.05, 4.69) is 0 Å². The first-order valence-electron chi connectivity index (χ1n) is 44.1. The Kier molecular flexibility index (Phi) is 34.7. The standard InChI is InChI=1S/C15H29BN4O6S.C15H31BN4O6S.C14H26BN3O7S.C14H28BN3O7S.C13H26BN3O7S/c1-19(14(6-7-14)13(17)4-5-13)27(25,26)20-9-11(3-2-8-16(23)24)15(18,10-20)12(21)22;1-13(2,14(17)6-7-14)19(3)27(25,26)20-9-11(5-4-8-16(23)24)15(18,10-20)12(21)22;16-12(3-4-12)13(5-6-13)25-26(23,24)18-8-10(2-1-7-15(21)22)14(17,9-18)11(19)20;1-12(2,13(16)5-6-13)25-26(23,24)18-8-10(4-3-7-15(21)22)14(17,9-18)11(19)20;1-9(12(15)4-5-12)24-25(22,23)17-7-10(3-2-6-14(20)21)13(16,8-17)11(18)19/h11,23-24H,2-10,17-18H2,1H3,(H,21,22);11,23-24H,4-10,17-18H2,1-3H3,(H,21,22);10,21-22H,1-9,16-17H2,(H,19,20);10,21-22H,3-9,16-17H2,1-2H3,(H,19,20);9-10,20-21H,2-8,15-16H2,1H3,(H,18,19)/t2*11-,15-;2*10-,14-;9?,10-,13-/m00000/s1. The molecular weight excluding hydrogens is 1830 g/mol. The second kappa shape index (κ2) is 40.4. The Bertz CT molecular complexity index is 4460. The van der Waals surface area contributed by atoms with Gasteiger partial charge in [0, 0.05) is 142 Å². The van der Waals surface area contributed by atoms with Crippen molar-refractivity contribution in [3.8, 4) is 0 Å². The van der Waals surface area contributed by atoms with Gasteiger partial charge in [-0.3, -0.25) is 28.2 Å². The number of hydrogen-bond donors (Lipinski definition) is 25. The zero-order chi connectivity index (χ0) is 99.5. The lowest BCUT2D eigenvalue weighted by Crippen LogP contribution is -2.61. The molecule has 752 valence electrons. The van der Waals surface area contributed by atoms with Gasteiger partial charge in [0.15, 0.2) is 0 Å². The van der Waals surface area contributed by atoms with Crippen molar-refractivity contribution in [1.29, 1.82) is 0 Å². The summed E-state index contributed by atoms with van der Waals surface area (Å²) in [6, 6.07) is 0. The molecule has 0 spiro atoms. The molecule has 50 nitrogen and oxygen atoms in total. The van der Waals surface area contributed by atoms with Crippen LogP contribution in [0.25, 0.3) is 0 Å². The van der Waals surface area contributed by atoms with Crippen LogP contribution in [0.5, 0.6) is 0 Å². The number of aliphatic carboxylic acids is 5. The van der Waals surface area contributed by atoms with Gasteiger partial charge in [0.25, 0.3) is 20.4 Å². The Morgan fingerprint density at radius 3 is 0.916 bits per heavy atom. The molecule has 0 radical (unpaired) electrons. The van der Waals surface area contributed by atoms with E-state index in [-0.39, 0.29) is 110 Å². The van der Waals surface area contributed by atoms with Crippen LogP contribution >= 0.6 is 0 Å². The highest BCUT2D eigenvalue weighted by Gasteiger charge is 2.71. The summed E-state index contributed by atoms with van der Waals surface area (Å²) in [4.78, 5) is 58.4. The largest absolute Gasteiger partial charge is 0.480 e. The van der Waals surface area contributed by atoms with E-state index in [0.29, 0.717) is 103 Å². The fraction of sp³-hybridized carbons (Fsp3) is 0.930. The summed E-state index contributed by atoms with van der Waals surface area (Å²) < 4.78 is 152. The van der Waals surface area contributed by atoms with Crippen LogP contribution < -0.4 is 57.3 Å². The summed E-state index contributed by atoms with van der Waals surface area (Å²) in [5.41, 5.74) is 45.8. The summed E-state index contributed by atoms with van der Waals surface area (Å²) >= 11 is 0. The molecule has 0 aromatic heterocycles. The molecule has 35 N–H and O–H groups in total. The van der Waals surface area contributed by atoms with Gasteiger partial charge in [-0.05, 0) is 188 Å². The molecule has 7 aliphatic carbocycles. The normalized spacial score (nSPS) is 30.4. The summed E-state index contributed by atoms with van der Waals surface area (Å²) in [5, 5.41) is 137. The molecule has 12 aliphatic rings. The minimum Gasteiger partial charge on any atom is -0.480 e. The monoisotopic (exact) mass is 1970 g/mol. The van der Waals surface area contributed by atoms with E-state index in [1.54, 1.807) is 34.6 Å². The van der Waals surface area contributed by atoms with Gasteiger partial charge in [-0.1, -0.05) is 32.1 Å². The van der Waals surface area contributed by atoms with Gasteiger partial charge in [-0.15, -0.1) is 0 Å². The third-order valence-electron chi connectivity index (χ3n) is 30.0. The molecule has 131 heavy (non-hydrogen) atoms. The van der Waals surface area contributed by atoms with Gasteiger partial charge in [-0.25, -0.2) is 8.37 Å². The minimum absolute atomic E-state index is 0.00928. The highest BCUT2D eigenvalue weighted by Crippen LogP contribution is 2.61. The molecule has 1 unspecified atom stereocenters. The molecule has 0 bridgehead atoms. The second-order valence-electron chi connectivity index (χ2n) is 39.9.